The predicted molar refractivity (Wildman–Crippen MR) is 80.5 cm³/mol. The van der Waals surface area contributed by atoms with Crippen LogP contribution in [0, 0.1) is 5.82 Å². The zero-order chi connectivity index (χ0) is 15.7. The third-order valence-corrected chi connectivity index (χ3v) is 3.36. The topological polar surface area (TPSA) is 81.1 Å². The first-order valence-electron chi connectivity index (χ1n) is 6.75. The van der Waals surface area contributed by atoms with Gasteiger partial charge in [-0.1, -0.05) is 6.07 Å². The molecule has 0 saturated heterocycles. The molecule has 1 unspecified atom stereocenters. The summed E-state index contributed by atoms with van der Waals surface area (Å²) >= 11 is 0. The Kier molecular flexibility index (Phi) is 3.50. The molecular weight excluding hydrogens is 285 g/mol. The fraction of sp³-hybridized carbons (Fsp3) is 0.125. The second kappa shape index (κ2) is 5.48. The first-order chi connectivity index (χ1) is 10.5. The number of benzene rings is 2. The minimum Gasteiger partial charge on any atom is -0.436 e. The van der Waals surface area contributed by atoms with E-state index in [0.717, 1.165) is 5.56 Å². The molecule has 3 rings (SSSR count). The van der Waals surface area contributed by atoms with E-state index in [4.69, 9.17) is 10.2 Å². The van der Waals surface area contributed by atoms with Crippen LogP contribution in [0.3, 0.4) is 0 Å². The maximum Gasteiger partial charge on any atom is 0.312 e. The lowest BCUT2D eigenvalue weighted by Crippen LogP contribution is -2.31. The molecule has 3 N–H and O–H groups in total. The number of aromatic nitrogens is 1. The van der Waals surface area contributed by atoms with Crippen molar-refractivity contribution in [3.8, 4) is 11.5 Å². The fourth-order valence-corrected chi connectivity index (χ4v) is 2.23. The molecule has 0 fully saturated rings. The maximum absolute atomic E-state index is 13.0. The zero-order valence-corrected chi connectivity index (χ0v) is 11.8. The molecule has 6 heteroatoms. The van der Waals surface area contributed by atoms with E-state index in [9.17, 15) is 9.18 Å². The van der Waals surface area contributed by atoms with Crippen molar-refractivity contribution in [2.75, 3.05) is 0 Å². The van der Waals surface area contributed by atoms with Gasteiger partial charge >= 0.3 is 6.03 Å². The summed E-state index contributed by atoms with van der Waals surface area (Å²) in [5, 5.41) is 2.61. The first-order valence-corrected chi connectivity index (χ1v) is 6.75. The molecule has 0 saturated carbocycles. The van der Waals surface area contributed by atoms with Crippen molar-refractivity contribution in [3.05, 3.63) is 53.8 Å². The SMILES string of the molecule is CC(NC(N)=O)c1ccc2oc(-c3ccc(F)cc3)nc2c1. The molecule has 1 heterocycles. The molecule has 0 spiro atoms. The van der Waals surface area contributed by atoms with E-state index in [2.05, 4.69) is 10.3 Å². The minimum absolute atomic E-state index is 0.229. The number of fused-ring (bicyclic) bond motifs is 1. The quantitative estimate of drug-likeness (QED) is 0.778. The van der Waals surface area contributed by atoms with E-state index in [1.54, 1.807) is 18.2 Å². The monoisotopic (exact) mass is 299 g/mol. The Morgan fingerprint density at radius 1 is 1.27 bits per heavy atom. The van der Waals surface area contributed by atoms with Crippen molar-refractivity contribution < 1.29 is 13.6 Å². The Morgan fingerprint density at radius 2 is 2.00 bits per heavy atom. The summed E-state index contributed by atoms with van der Waals surface area (Å²) in [6, 6.07) is 10.6. The number of primary amides is 1. The number of hydrogen-bond donors (Lipinski definition) is 2. The van der Waals surface area contributed by atoms with E-state index in [0.29, 0.717) is 22.6 Å². The fourth-order valence-electron chi connectivity index (χ4n) is 2.23. The number of oxazole rings is 1. The lowest BCUT2D eigenvalue weighted by molar-refractivity contribution is 0.246. The van der Waals surface area contributed by atoms with Gasteiger partial charge in [0.25, 0.3) is 0 Å². The number of rotatable bonds is 3. The highest BCUT2D eigenvalue weighted by molar-refractivity contribution is 5.77. The number of nitrogens with one attached hydrogen (secondary N) is 1. The summed E-state index contributed by atoms with van der Waals surface area (Å²) in [6.45, 7) is 1.83. The molecule has 2 amide bonds. The molecule has 0 aliphatic carbocycles. The van der Waals surface area contributed by atoms with Crippen LogP contribution in [-0.4, -0.2) is 11.0 Å². The van der Waals surface area contributed by atoms with Crippen LogP contribution < -0.4 is 11.1 Å². The molecule has 0 aliphatic rings. The smallest absolute Gasteiger partial charge is 0.312 e. The number of nitrogens with two attached hydrogens (primary N) is 1. The Balaban J connectivity index is 1.96. The van der Waals surface area contributed by atoms with Crippen LogP contribution in [0.15, 0.2) is 46.9 Å². The van der Waals surface area contributed by atoms with Gasteiger partial charge in [0.05, 0.1) is 6.04 Å². The molecule has 1 atom stereocenters. The second-order valence-corrected chi connectivity index (χ2v) is 4.98. The van der Waals surface area contributed by atoms with Crippen LogP contribution >= 0.6 is 0 Å². The van der Waals surface area contributed by atoms with Crippen LogP contribution in [0.5, 0.6) is 0 Å². The van der Waals surface area contributed by atoms with Crippen LogP contribution in [0.1, 0.15) is 18.5 Å². The summed E-state index contributed by atoms with van der Waals surface area (Å²) < 4.78 is 18.6. The van der Waals surface area contributed by atoms with Crippen LogP contribution in [0.25, 0.3) is 22.6 Å². The zero-order valence-electron chi connectivity index (χ0n) is 11.8. The Labute approximate surface area is 125 Å². The average Bonchev–Trinajstić information content (AvgIpc) is 2.90. The second-order valence-electron chi connectivity index (χ2n) is 4.98. The van der Waals surface area contributed by atoms with Gasteiger partial charge in [-0.25, -0.2) is 14.2 Å². The summed E-state index contributed by atoms with van der Waals surface area (Å²) in [5.41, 5.74) is 7.97. The molecule has 2 aromatic carbocycles. The Bertz CT molecular complexity index is 827. The summed E-state index contributed by atoms with van der Waals surface area (Å²) in [5.74, 6) is 0.108. The molecule has 3 aromatic rings. The molecule has 22 heavy (non-hydrogen) atoms. The van der Waals surface area contributed by atoms with E-state index >= 15 is 0 Å². The number of halogens is 1. The highest BCUT2D eigenvalue weighted by Gasteiger charge is 2.12. The van der Waals surface area contributed by atoms with Gasteiger partial charge < -0.3 is 15.5 Å². The summed E-state index contributed by atoms with van der Waals surface area (Å²) in [7, 11) is 0. The van der Waals surface area contributed by atoms with E-state index < -0.39 is 6.03 Å². The van der Waals surface area contributed by atoms with Gasteiger partial charge in [0.15, 0.2) is 5.58 Å². The van der Waals surface area contributed by atoms with Crippen LogP contribution in [0.2, 0.25) is 0 Å². The third kappa shape index (κ3) is 2.76. The van der Waals surface area contributed by atoms with Gasteiger partial charge in [0.2, 0.25) is 5.89 Å². The molecule has 0 bridgehead atoms. The predicted octanol–water partition coefficient (Wildman–Crippen LogP) is 3.36. The third-order valence-electron chi connectivity index (χ3n) is 3.36. The van der Waals surface area contributed by atoms with Crippen molar-refractivity contribution in [2.45, 2.75) is 13.0 Å². The van der Waals surface area contributed by atoms with E-state index in [1.807, 2.05) is 19.1 Å². The molecule has 1 aromatic heterocycles. The number of carbonyl (C=O) groups excluding carboxylic acids is 1. The number of nitrogens with zero attached hydrogens (tertiary/aromatic N) is 1. The average molecular weight is 299 g/mol. The largest absolute Gasteiger partial charge is 0.436 e. The van der Waals surface area contributed by atoms with Gasteiger partial charge in [-0.05, 0) is 48.9 Å². The van der Waals surface area contributed by atoms with Crippen LogP contribution in [-0.2, 0) is 0 Å². The van der Waals surface area contributed by atoms with Gasteiger partial charge in [0, 0.05) is 5.56 Å². The normalized spacial score (nSPS) is 12.3. The Morgan fingerprint density at radius 3 is 2.68 bits per heavy atom. The number of hydrogen-bond acceptors (Lipinski definition) is 3. The van der Waals surface area contributed by atoms with Crippen molar-refractivity contribution in [2.24, 2.45) is 5.73 Å². The highest BCUT2D eigenvalue weighted by atomic mass is 19.1. The van der Waals surface area contributed by atoms with Gasteiger partial charge in [0.1, 0.15) is 11.3 Å². The maximum atomic E-state index is 13.0. The van der Waals surface area contributed by atoms with E-state index in [-0.39, 0.29) is 11.9 Å². The number of urea groups is 1. The van der Waals surface area contributed by atoms with E-state index in [1.165, 1.54) is 12.1 Å². The van der Waals surface area contributed by atoms with Crippen molar-refractivity contribution in [1.29, 1.82) is 0 Å². The summed E-state index contributed by atoms with van der Waals surface area (Å²) in [6.07, 6.45) is 0. The van der Waals surface area contributed by atoms with Crippen molar-refractivity contribution in [3.63, 3.8) is 0 Å². The molecular formula is C16H14FN3O2. The first kappa shape index (κ1) is 14.1. The standard InChI is InChI=1S/C16H14FN3O2/c1-9(19-16(18)21)11-4-7-14-13(8-11)20-15(22-14)10-2-5-12(17)6-3-10/h2-9H,1H3,(H3,18,19,21). The van der Waals surface area contributed by atoms with Crippen LogP contribution in [0.4, 0.5) is 9.18 Å². The summed E-state index contributed by atoms with van der Waals surface area (Å²) in [4.78, 5) is 15.3. The van der Waals surface area contributed by atoms with Crippen molar-refractivity contribution in [1.82, 2.24) is 10.3 Å². The molecule has 5 nitrogen and oxygen atoms in total. The lowest BCUT2D eigenvalue weighted by Gasteiger charge is -2.11. The number of carbonyl (C=O) groups is 1. The number of amides is 2. The highest BCUT2D eigenvalue weighted by Crippen LogP contribution is 2.26. The van der Waals surface area contributed by atoms with Gasteiger partial charge in [-0.2, -0.15) is 0 Å². The van der Waals surface area contributed by atoms with Gasteiger partial charge in [-0.15, -0.1) is 0 Å². The molecule has 0 radical (unpaired) electrons. The lowest BCUT2D eigenvalue weighted by atomic mass is 10.1. The molecule has 0 aliphatic heterocycles. The minimum atomic E-state index is -0.584. The molecule has 112 valence electrons. The van der Waals surface area contributed by atoms with Crippen molar-refractivity contribution >= 4 is 17.1 Å². The van der Waals surface area contributed by atoms with Gasteiger partial charge in [-0.3, -0.25) is 0 Å². The Hall–Kier alpha value is -2.89.